The molecule has 0 atom stereocenters. The Labute approximate surface area is 116 Å². The zero-order valence-corrected chi connectivity index (χ0v) is 10.9. The van der Waals surface area contributed by atoms with Gasteiger partial charge < -0.3 is 5.32 Å². The van der Waals surface area contributed by atoms with Crippen LogP contribution in [0, 0.1) is 10.1 Å². The first-order valence-electron chi connectivity index (χ1n) is 5.04. The van der Waals surface area contributed by atoms with Gasteiger partial charge in [-0.3, -0.25) is 14.9 Å². The van der Waals surface area contributed by atoms with Crippen LogP contribution < -0.4 is 5.32 Å². The van der Waals surface area contributed by atoms with Crippen molar-refractivity contribution in [1.29, 1.82) is 0 Å². The third kappa shape index (κ3) is 3.52. The summed E-state index contributed by atoms with van der Waals surface area (Å²) >= 11 is 6.92. The van der Waals surface area contributed by atoms with Crippen LogP contribution in [0.3, 0.4) is 0 Å². The Morgan fingerprint density at radius 3 is 2.95 bits per heavy atom. The molecule has 1 aliphatic rings. The number of halogens is 1. The first-order valence-corrected chi connectivity index (χ1v) is 6.40. The van der Waals surface area contributed by atoms with Crippen molar-refractivity contribution in [3.05, 3.63) is 38.9 Å². The number of amides is 1. The van der Waals surface area contributed by atoms with E-state index in [0.29, 0.717) is 16.5 Å². The van der Waals surface area contributed by atoms with Crippen molar-refractivity contribution in [3.63, 3.8) is 0 Å². The number of hydrogen-bond acceptors (Lipinski definition) is 6. The van der Waals surface area contributed by atoms with Gasteiger partial charge in [-0.05, 0) is 6.07 Å². The third-order valence-electron chi connectivity index (χ3n) is 2.11. The van der Waals surface area contributed by atoms with Gasteiger partial charge in [-0.15, -0.1) is 5.10 Å². The van der Waals surface area contributed by atoms with Crippen LogP contribution in [0.5, 0.6) is 0 Å². The van der Waals surface area contributed by atoms with E-state index >= 15 is 0 Å². The first kappa shape index (κ1) is 13.5. The Balaban J connectivity index is 2.13. The highest BCUT2D eigenvalue weighted by Crippen LogP contribution is 2.24. The number of rotatable bonds is 3. The molecule has 0 aliphatic carbocycles. The van der Waals surface area contributed by atoms with Crippen LogP contribution in [-0.2, 0) is 4.79 Å². The number of amidine groups is 1. The van der Waals surface area contributed by atoms with Gasteiger partial charge in [-0.1, -0.05) is 29.4 Å². The van der Waals surface area contributed by atoms with Crippen LogP contribution in [0.25, 0.3) is 0 Å². The number of nitro groups is 1. The van der Waals surface area contributed by atoms with Crippen molar-refractivity contribution in [2.75, 3.05) is 5.75 Å². The van der Waals surface area contributed by atoms with Crippen LogP contribution in [0.4, 0.5) is 5.69 Å². The molecule has 0 bridgehead atoms. The highest BCUT2D eigenvalue weighted by Gasteiger charge is 2.16. The van der Waals surface area contributed by atoms with Gasteiger partial charge >= 0.3 is 0 Å². The second-order valence-corrected chi connectivity index (χ2v) is 4.83. The number of carbonyl (C=O) groups is 1. The third-order valence-corrected chi connectivity index (χ3v) is 3.29. The van der Waals surface area contributed by atoms with Crippen molar-refractivity contribution in [1.82, 2.24) is 5.32 Å². The molecular formula is C10H7ClN4O3S. The molecule has 0 radical (unpaired) electrons. The lowest BCUT2D eigenvalue weighted by Crippen LogP contribution is -2.19. The summed E-state index contributed by atoms with van der Waals surface area (Å²) in [6.45, 7) is 0. The van der Waals surface area contributed by atoms with Crippen molar-refractivity contribution >= 4 is 46.3 Å². The molecular weight excluding hydrogens is 292 g/mol. The van der Waals surface area contributed by atoms with Crippen molar-refractivity contribution in [3.8, 4) is 0 Å². The van der Waals surface area contributed by atoms with E-state index in [2.05, 4.69) is 15.5 Å². The summed E-state index contributed by atoms with van der Waals surface area (Å²) in [6.07, 6.45) is 1.35. The van der Waals surface area contributed by atoms with Gasteiger partial charge in [0.05, 0.1) is 16.9 Å². The molecule has 9 heteroatoms. The smallest absolute Gasteiger partial charge is 0.288 e. The van der Waals surface area contributed by atoms with Gasteiger partial charge in [0.25, 0.3) is 5.69 Å². The lowest BCUT2D eigenvalue weighted by atomic mass is 10.2. The van der Waals surface area contributed by atoms with Gasteiger partial charge in [-0.25, -0.2) is 0 Å². The molecule has 19 heavy (non-hydrogen) atoms. The molecule has 1 aromatic rings. The van der Waals surface area contributed by atoms with Crippen LogP contribution in [0.1, 0.15) is 5.56 Å². The maximum atomic E-state index is 10.9. The van der Waals surface area contributed by atoms with E-state index in [1.54, 1.807) is 6.07 Å². The summed E-state index contributed by atoms with van der Waals surface area (Å²) in [5, 5.41) is 21.2. The second kappa shape index (κ2) is 5.81. The molecule has 1 heterocycles. The van der Waals surface area contributed by atoms with Crippen molar-refractivity contribution < 1.29 is 9.72 Å². The Morgan fingerprint density at radius 2 is 2.32 bits per heavy atom. The highest BCUT2D eigenvalue weighted by molar-refractivity contribution is 8.15. The summed E-state index contributed by atoms with van der Waals surface area (Å²) in [6, 6.07) is 4.30. The monoisotopic (exact) mass is 298 g/mol. The van der Waals surface area contributed by atoms with E-state index in [4.69, 9.17) is 11.6 Å². The predicted octanol–water partition coefficient (Wildman–Crippen LogP) is 1.80. The van der Waals surface area contributed by atoms with E-state index in [0.717, 1.165) is 0 Å². The molecule has 0 aromatic heterocycles. The van der Waals surface area contributed by atoms with E-state index < -0.39 is 4.92 Å². The summed E-state index contributed by atoms with van der Waals surface area (Å²) < 4.78 is 0. The average molecular weight is 299 g/mol. The van der Waals surface area contributed by atoms with E-state index in [1.807, 2.05) is 0 Å². The molecule has 1 fully saturated rings. The molecule has 0 saturated carbocycles. The Morgan fingerprint density at radius 1 is 1.53 bits per heavy atom. The molecule has 1 aromatic carbocycles. The molecule has 7 nitrogen and oxygen atoms in total. The minimum Gasteiger partial charge on any atom is -0.303 e. The largest absolute Gasteiger partial charge is 0.303 e. The number of nitrogens with zero attached hydrogens (tertiary/aromatic N) is 3. The number of benzene rings is 1. The summed E-state index contributed by atoms with van der Waals surface area (Å²) in [5.41, 5.74) is 0.302. The Hall–Kier alpha value is -1.93. The van der Waals surface area contributed by atoms with Gasteiger partial charge in [0.2, 0.25) is 5.91 Å². The van der Waals surface area contributed by atoms with Gasteiger partial charge in [-0.2, -0.15) is 5.10 Å². The normalized spacial score (nSPS) is 17.1. The SMILES string of the molecule is O=C1CS/C(=N/N=Cc2ccc(Cl)c([N+](=O)[O-])c2)N1. The molecule has 0 spiro atoms. The lowest BCUT2D eigenvalue weighted by Gasteiger charge is -1.96. The molecule has 1 aliphatic heterocycles. The van der Waals surface area contributed by atoms with E-state index in [1.165, 1.54) is 30.1 Å². The summed E-state index contributed by atoms with van der Waals surface area (Å²) in [4.78, 5) is 21.0. The van der Waals surface area contributed by atoms with Crippen molar-refractivity contribution in [2.24, 2.45) is 10.2 Å². The zero-order valence-electron chi connectivity index (χ0n) is 9.37. The van der Waals surface area contributed by atoms with Gasteiger partial charge in [0, 0.05) is 11.6 Å². The van der Waals surface area contributed by atoms with Crippen LogP contribution in [0.2, 0.25) is 5.02 Å². The minimum atomic E-state index is -0.571. The molecule has 1 amide bonds. The summed E-state index contributed by atoms with van der Waals surface area (Å²) in [5.74, 6) is 0.196. The van der Waals surface area contributed by atoms with E-state index in [-0.39, 0.29) is 16.6 Å². The maximum absolute atomic E-state index is 10.9. The minimum absolute atomic E-state index is 0.0621. The fourth-order valence-electron chi connectivity index (χ4n) is 1.28. The second-order valence-electron chi connectivity index (χ2n) is 3.45. The quantitative estimate of drug-likeness (QED) is 0.522. The van der Waals surface area contributed by atoms with Crippen molar-refractivity contribution in [2.45, 2.75) is 0 Å². The first-order chi connectivity index (χ1) is 9.06. The number of nitrogens with one attached hydrogen (secondary N) is 1. The van der Waals surface area contributed by atoms with Gasteiger partial charge in [0.1, 0.15) is 5.02 Å². The fourth-order valence-corrected chi connectivity index (χ4v) is 2.09. The van der Waals surface area contributed by atoms with E-state index in [9.17, 15) is 14.9 Å². The molecule has 1 saturated heterocycles. The molecule has 98 valence electrons. The summed E-state index contributed by atoms with van der Waals surface area (Å²) in [7, 11) is 0. The molecule has 2 rings (SSSR count). The lowest BCUT2D eigenvalue weighted by molar-refractivity contribution is -0.384. The Kier molecular flexibility index (Phi) is 4.13. The number of carbonyl (C=O) groups excluding carboxylic acids is 1. The Bertz CT molecular complexity index is 602. The zero-order chi connectivity index (χ0) is 13.8. The average Bonchev–Trinajstić information content (AvgIpc) is 2.77. The van der Waals surface area contributed by atoms with Crippen LogP contribution in [-0.4, -0.2) is 28.0 Å². The molecule has 1 N–H and O–H groups in total. The predicted molar refractivity (Wildman–Crippen MR) is 73.7 cm³/mol. The maximum Gasteiger partial charge on any atom is 0.288 e. The highest BCUT2D eigenvalue weighted by atomic mass is 35.5. The van der Waals surface area contributed by atoms with Gasteiger partial charge in [0.15, 0.2) is 5.17 Å². The number of thioether (sulfide) groups is 1. The van der Waals surface area contributed by atoms with Crippen LogP contribution >= 0.6 is 23.4 Å². The number of nitro benzene ring substituents is 1. The molecule has 0 unspecified atom stereocenters. The topological polar surface area (TPSA) is 97.0 Å². The van der Waals surface area contributed by atoms with Crippen LogP contribution in [0.15, 0.2) is 28.4 Å². The fraction of sp³-hybridized carbons (Fsp3) is 0.100. The standard InChI is InChI=1S/C10H7ClN4O3S/c11-7-2-1-6(3-8(7)15(17)18)4-12-14-10-13-9(16)5-19-10/h1-4H,5H2,(H,13,14,16). The number of hydrogen-bond donors (Lipinski definition) is 1.